The molecule has 1 fully saturated rings. The minimum atomic E-state index is -0.770. The molecule has 0 bridgehead atoms. The molecule has 1 saturated carbocycles. The van der Waals surface area contributed by atoms with Gasteiger partial charge in [0.25, 0.3) is 0 Å². The van der Waals surface area contributed by atoms with Gasteiger partial charge in [-0.3, -0.25) is 9.79 Å². The number of carbonyl (C=O) groups is 2. The molecule has 3 atom stereocenters. The average Bonchev–Trinajstić information content (AvgIpc) is 2.82. The molecule has 1 aromatic carbocycles. The first-order chi connectivity index (χ1) is 15.9. The fourth-order valence-corrected chi connectivity index (χ4v) is 6.18. The molecule has 0 aromatic heterocycles. The molecule has 8 heteroatoms. The summed E-state index contributed by atoms with van der Waals surface area (Å²) in [5.74, 6) is -2.38. The van der Waals surface area contributed by atoms with Crippen molar-refractivity contribution >= 4 is 41.0 Å². The molecule has 180 valence electrons. The summed E-state index contributed by atoms with van der Waals surface area (Å²) in [5.41, 5.74) is 1.68. The van der Waals surface area contributed by atoms with Crippen LogP contribution in [0.25, 0.3) is 0 Å². The molecule has 3 unspecified atom stereocenters. The van der Waals surface area contributed by atoms with E-state index < -0.39 is 29.2 Å². The number of nitrogens with zero attached hydrogens (tertiary/aromatic N) is 1. The fourth-order valence-electron chi connectivity index (χ4n) is 4.61. The Morgan fingerprint density at radius 1 is 1.21 bits per heavy atom. The molecule has 1 aliphatic carbocycles. The lowest BCUT2D eigenvalue weighted by Gasteiger charge is -2.34. The Hall–Kier alpha value is -1.83. The van der Waals surface area contributed by atoms with E-state index in [4.69, 9.17) is 30.8 Å². The molecule has 0 saturated heterocycles. The molecule has 6 nitrogen and oxygen atoms in total. The second kappa shape index (κ2) is 12.0. The lowest BCUT2D eigenvalue weighted by atomic mass is 9.75. The number of halogens is 1. The van der Waals surface area contributed by atoms with Crippen LogP contribution in [0.15, 0.2) is 40.5 Å². The van der Waals surface area contributed by atoms with Crippen LogP contribution < -0.4 is 0 Å². The Balaban J connectivity index is 2.17. The minimum absolute atomic E-state index is 0.205. The molecule has 0 N–H and O–H groups in total. The summed E-state index contributed by atoms with van der Waals surface area (Å²) in [6.45, 7) is 3.75. The molecular weight excluding hydrogens is 462 g/mol. The number of aliphatic imine (C=N–C) groups is 1. The predicted molar refractivity (Wildman–Crippen MR) is 132 cm³/mol. The summed E-state index contributed by atoms with van der Waals surface area (Å²) in [5, 5.41) is 0.944. The van der Waals surface area contributed by atoms with Crippen LogP contribution in [-0.2, 0) is 23.8 Å². The predicted octanol–water partition coefficient (Wildman–Crippen LogP) is 5.54. The Morgan fingerprint density at radius 2 is 1.94 bits per heavy atom. The summed E-state index contributed by atoms with van der Waals surface area (Å²) in [6.07, 6.45) is 5.85. The van der Waals surface area contributed by atoms with Crippen LogP contribution in [0, 0.1) is 5.92 Å². The highest BCUT2D eigenvalue weighted by molar-refractivity contribution is 8.00. The molecular formula is C25H32ClNO5S. The van der Waals surface area contributed by atoms with Gasteiger partial charge >= 0.3 is 11.9 Å². The van der Waals surface area contributed by atoms with Crippen molar-refractivity contribution in [2.45, 2.75) is 62.6 Å². The van der Waals surface area contributed by atoms with Crippen molar-refractivity contribution in [3.05, 3.63) is 46.1 Å². The van der Waals surface area contributed by atoms with Gasteiger partial charge < -0.3 is 14.2 Å². The van der Waals surface area contributed by atoms with Crippen molar-refractivity contribution in [1.29, 1.82) is 0 Å². The van der Waals surface area contributed by atoms with Gasteiger partial charge in [0, 0.05) is 29.0 Å². The van der Waals surface area contributed by atoms with Gasteiger partial charge in [0.05, 0.1) is 25.0 Å². The number of carbonyl (C=O) groups excluding carboxylic acids is 2. The lowest BCUT2D eigenvalue weighted by molar-refractivity contribution is -0.144. The molecule has 0 spiro atoms. The second-order valence-electron chi connectivity index (χ2n) is 8.27. The smallest absolute Gasteiger partial charge is 0.336 e. The van der Waals surface area contributed by atoms with Crippen LogP contribution in [0.4, 0.5) is 0 Å². The van der Waals surface area contributed by atoms with E-state index in [1.54, 1.807) is 50.9 Å². The molecule has 2 aliphatic rings. The lowest BCUT2D eigenvalue weighted by Crippen LogP contribution is -2.38. The molecule has 0 amide bonds. The van der Waals surface area contributed by atoms with E-state index in [1.165, 1.54) is 26.4 Å². The summed E-state index contributed by atoms with van der Waals surface area (Å²) in [4.78, 5) is 31.0. The van der Waals surface area contributed by atoms with E-state index in [1.807, 2.05) is 6.07 Å². The Labute approximate surface area is 205 Å². The van der Waals surface area contributed by atoms with Gasteiger partial charge in [-0.05, 0) is 44.4 Å². The van der Waals surface area contributed by atoms with Gasteiger partial charge in [-0.25, -0.2) is 4.79 Å². The van der Waals surface area contributed by atoms with E-state index in [-0.39, 0.29) is 6.61 Å². The van der Waals surface area contributed by atoms with Crippen LogP contribution in [-0.4, -0.2) is 49.2 Å². The normalized spacial score (nSPS) is 22.5. The third kappa shape index (κ3) is 6.00. The maximum atomic E-state index is 13.4. The Morgan fingerprint density at radius 3 is 2.55 bits per heavy atom. The van der Waals surface area contributed by atoms with Gasteiger partial charge in [0.1, 0.15) is 11.4 Å². The maximum absolute atomic E-state index is 13.4. The average molecular weight is 494 g/mol. The zero-order chi connectivity index (χ0) is 24.0. The topological polar surface area (TPSA) is 74.2 Å². The fraction of sp³-hybridized carbons (Fsp3) is 0.560. The summed E-state index contributed by atoms with van der Waals surface area (Å²) in [7, 11) is 2.96. The standard InChI is InChI=1S/C25H32ClNO5S/c1-5-32-24(29)21-20(16-10-9-11-17(26)14-16)19(23(28)30-3)15(2)27-22(21)25(31-4)33-18-12-7-6-8-13-18/h9-11,14,18-20,25H,5-8,12-13H2,1-4H3. The first kappa shape index (κ1) is 25.8. The molecule has 1 aromatic rings. The van der Waals surface area contributed by atoms with Crippen LogP contribution in [0.1, 0.15) is 57.4 Å². The highest BCUT2D eigenvalue weighted by atomic mass is 35.5. The highest BCUT2D eigenvalue weighted by Gasteiger charge is 2.45. The van der Waals surface area contributed by atoms with E-state index in [9.17, 15) is 9.59 Å². The quantitative estimate of drug-likeness (QED) is 0.349. The molecule has 1 aliphatic heterocycles. The largest absolute Gasteiger partial charge is 0.468 e. The third-order valence-corrected chi connectivity index (χ3v) is 7.89. The van der Waals surface area contributed by atoms with E-state index in [2.05, 4.69) is 0 Å². The number of ether oxygens (including phenoxy) is 3. The van der Waals surface area contributed by atoms with Crippen LogP contribution in [0.2, 0.25) is 5.02 Å². The van der Waals surface area contributed by atoms with Gasteiger partial charge in [-0.2, -0.15) is 0 Å². The number of hydrogen-bond acceptors (Lipinski definition) is 7. The Bertz CT molecular complexity index is 925. The minimum Gasteiger partial charge on any atom is -0.468 e. The van der Waals surface area contributed by atoms with Crippen molar-refractivity contribution < 1.29 is 23.8 Å². The number of hydrogen-bond donors (Lipinski definition) is 0. The SMILES string of the molecule is CCOC(=O)C1=C(C(OC)SC2CCCCC2)N=C(C)C(C(=O)OC)C1c1cccc(Cl)c1. The monoisotopic (exact) mass is 493 g/mol. The molecule has 3 rings (SSSR count). The second-order valence-corrected chi connectivity index (χ2v) is 10.1. The van der Waals surface area contributed by atoms with Gasteiger partial charge in [0.15, 0.2) is 0 Å². The van der Waals surface area contributed by atoms with Gasteiger partial charge in [-0.15, -0.1) is 11.8 Å². The van der Waals surface area contributed by atoms with Crippen molar-refractivity contribution in [1.82, 2.24) is 0 Å². The highest BCUT2D eigenvalue weighted by Crippen LogP contribution is 2.44. The van der Waals surface area contributed by atoms with E-state index in [0.29, 0.717) is 27.3 Å². The van der Waals surface area contributed by atoms with E-state index >= 15 is 0 Å². The van der Waals surface area contributed by atoms with Crippen LogP contribution in [0.3, 0.4) is 0 Å². The van der Waals surface area contributed by atoms with Crippen LogP contribution >= 0.6 is 23.4 Å². The van der Waals surface area contributed by atoms with Crippen molar-refractivity contribution in [3.8, 4) is 0 Å². The van der Waals surface area contributed by atoms with Crippen molar-refractivity contribution in [2.24, 2.45) is 10.9 Å². The zero-order valence-electron chi connectivity index (χ0n) is 19.6. The number of esters is 2. The van der Waals surface area contributed by atoms with Crippen molar-refractivity contribution in [2.75, 3.05) is 20.8 Å². The number of thioether (sulfide) groups is 1. The molecule has 33 heavy (non-hydrogen) atoms. The van der Waals surface area contributed by atoms with E-state index in [0.717, 1.165) is 18.4 Å². The summed E-state index contributed by atoms with van der Waals surface area (Å²) < 4.78 is 16.4. The first-order valence-electron chi connectivity index (χ1n) is 11.4. The first-order valence-corrected chi connectivity index (χ1v) is 12.7. The maximum Gasteiger partial charge on any atom is 0.336 e. The summed E-state index contributed by atoms with van der Waals surface area (Å²) >= 11 is 7.99. The zero-order valence-corrected chi connectivity index (χ0v) is 21.2. The molecule has 1 heterocycles. The number of benzene rings is 1. The summed E-state index contributed by atoms with van der Waals surface area (Å²) in [6, 6.07) is 7.19. The number of methoxy groups -OCH3 is 2. The Kier molecular flexibility index (Phi) is 9.41. The third-order valence-electron chi connectivity index (χ3n) is 6.13. The van der Waals surface area contributed by atoms with Gasteiger partial charge in [0.2, 0.25) is 0 Å². The van der Waals surface area contributed by atoms with Crippen molar-refractivity contribution in [3.63, 3.8) is 0 Å². The van der Waals surface area contributed by atoms with Crippen LogP contribution in [0.5, 0.6) is 0 Å². The molecule has 0 radical (unpaired) electrons. The number of rotatable bonds is 8. The van der Waals surface area contributed by atoms with Gasteiger partial charge in [-0.1, -0.05) is 43.0 Å².